The van der Waals surface area contributed by atoms with Crippen LogP contribution < -0.4 is 14.8 Å². The molecule has 8 heteroatoms. The van der Waals surface area contributed by atoms with Gasteiger partial charge in [-0.1, -0.05) is 12.1 Å². The van der Waals surface area contributed by atoms with Gasteiger partial charge in [0.2, 0.25) is 0 Å². The maximum absolute atomic E-state index is 12.8. The number of carbonyl (C=O) groups is 2. The van der Waals surface area contributed by atoms with Crippen LogP contribution in [0.1, 0.15) is 20.7 Å². The van der Waals surface area contributed by atoms with E-state index in [0.717, 1.165) is 0 Å². The van der Waals surface area contributed by atoms with Crippen LogP contribution in [0.4, 0.5) is 5.69 Å². The van der Waals surface area contributed by atoms with E-state index in [2.05, 4.69) is 10.0 Å². The number of sulfonamides is 1. The Hall–Kier alpha value is -3.39. The Labute approximate surface area is 155 Å². The number of anilines is 1. The zero-order valence-corrected chi connectivity index (χ0v) is 15.0. The highest BCUT2D eigenvalue weighted by molar-refractivity contribution is 7.92. The van der Waals surface area contributed by atoms with Crippen molar-refractivity contribution in [3.8, 4) is 5.75 Å². The summed E-state index contributed by atoms with van der Waals surface area (Å²) in [5, 5.41) is 3.19. The number of benzene rings is 3. The van der Waals surface area contributed by atoms with Crippen molar-refractivity contribution in [1.29, 1.82) is 0 Å². The minimum atomic E-state index is -3.94. The van der Waals surface area contributed by atoms with Gasteiger partial charge in [-0.3, -0.25) is 19.6 Å². The van der Waals surface area contributed by atoms with Crippen LogP contribution in [0.15, 0.2) is 59.5 Å². The molecule has 136 valence electrons. The third-order valence-electron chi connectivity index (χ3n) is 4.32. The molecule has 0 aliphatic carbocycles. The molecule has 1 heterocycles. The van der Waals surface area contributed by atoms with Crippen LogP contribution in [0.25, 0.3) is 10.8 Å². The number of imide groups is 1. The number of amides is 2. The molecule has 2 N–H and O–H groups in total. The van der Waals surface area contributed by atoms with Gasteiger partial charge in [0.25, 0.3) is 21.8 Å². The minimum absolute atomic E-state index is 0.0672. The number of ether oxygens (including phenoxy) is 1. The van der Waals surface area contributed by atoms with Gasteiger partial charge in [0.15, 0.2) is 0 Å². The van der Waals surface area contributed by atoms with E-state index in [-0.39, 0.29) is 10.5 Å². The fraction of sp³-hybridized carbons (Fsp3) is 0.0526. The highest BCUT2D eigenvalue weighted by atomic mass is 32.2. The molecule has 27 heavy (non-hydrogen) atoms. The second-order valence-electron chi connectivity index (χ2n) is 5.99. The fourth-order valence-electron chi connectivity index (χ4n) is 3.03. The van der Waals surface area contributed by atoms with Crippen LogP contribution in [0.2, 0.25) is 0 Å². The average molecular weight is 382 g/mol. The van der Waals surface area contributed by atoms with E-state index < -0.39 is 21.8 Å². The standard InChI is InChI=1S/C19H14N2O5S/c1-26-13-7-5-12(6-8-13)21-27(24,25)14-9-11-3-2-4-15-17(11)16(10-14)19(23)20-18(15)22/h2-10,21H,1H3,(H,20,22,23). The molecule has 1 aliphatic rings. The van der Waals surface area contributed by atoms with Crippen LogP contribution in [0.5, 0.6) is 5.75 Å². The normalized spacial score (nSPS) is 13.4. The van der Waals surface area contributed by atoms with Gasteiger partial charge < -0.3 is 4.74 Å². The minimum Gasteiger partial charge on any atom is -0.497 e. The lowest BCUT2D eigenvalue weighted by molar-refractivity contribution is 0.0845. The Morgan fingerprint density at radius 3 is 2.33 bits per heavy atom. The summed E-state index contributed by atoms with van der Waals surface area (Å²) in [5.41, 5.74) is 0.852. The molecule has 0 fully saturated rings. The van der Waals surface area contributed by atoms with E-state index in [1.807, 2.05) is 0 Å². The van der Waals surface area contributed by atoms with Crippen molar-refractivity contribution in [2.75, 3.05) is 11.8 Å². The molecule has 0 aromatic heterocycles. The molecule has 0 spiro atoms. The Kier molecular flexibility index (Phi) is 3.85. The largest absolute Gasteiger partial charge is 0.497 e. The molecular weight excluding hydrogens is 368 g/mol. The molecule has 7 nitrogen and oxygen atoms in total. The second-order valence-corrected chi connectivity index (χ2v) is 7.67. The van der Waals surface area contributed by atoms with Crippen molar-refractivity contribution >= 4 is 38.3 Å². The summed E-state index contributed by atoms with van der Waals surface area (Å²) >= 11 is 0. The van der Waals surface area contributed by atoms with Crippen molar-refractivity contribution in [3.63, 3.8) is 0 Å². The molecule has 0 unspecified atom stereocenters. The average Bonchev–Trinajstić information content (AvgIpc) is 2.66. The molecule has 0 radical (unpaired) electrons. The van der Waals surface area contributed by atoms with Crippen LogP contribution in [0, 0.1) is 0 Å². The summed E-state index contributed by atoms with van der Waals surface area (Å²) in [6.45, 7) is 0. The van der Waals surface area contributed by atoms with Crippen molar-refractivity contribution in [3.05, 3.63) is 65.7 Å². The second kappa shape index (κ2) is 6.10. The molecule has 1 aliphatic heterocycles. The van der Waals surface area contributed by atoms with Crippen molar-refractivity contribution in [1.82, 2.24) is 5.32 Å². The number of carbonyl (C=O) groups excluding carboxylic acids is 2. The first kappa shape index (κ1) is 17.0. The van der Waals surface area contributed by atoms with Gasteiger partial charge in [-0.15, -0.1) is 0 Å². The Bertz CT molecular complexity index is 1200. The van der Waals surface area contributed by atoms with E-state index in [4.69, 9.17) is 4.74 Å². The molecular formula is C19H14N2O5S. The van der Waals surface area contributed by atoms with E-state index in [0.29, 0.717) is 27.8 Å². The van der Waals surface area contributed by atoms with Gasteiger partial charge >= 0.3 is 0 Å². The third kappa shape index (κ3) is 2.89. The van der Waals surface area contributed by atoms with Gasteiger partial charge in [-0.05, 0) is 47.9 Å². The highest BCUT2D eigenvalue weighted by Gasteiger charge is 2.27. The summed E-state index contributed by atoms with van der Waals surface area (Å²) in [4.78, 5) is 24.1. The number of nitrogens with one attached hydrogen (secondary N) is 2. The summed E-state index contributed by atoms with van der Waals surface area (Å²) in [5.74, 6) is -0.516. The molecule has 2 amide bonds. The molecule has 0 atom stereocenters. The molecule has 0 saturated carbocycles. The summed E-state index contributed by atoms with van der Waals surface area (Å²) in [6.07, 6.45) is 0. The molecule has 4 rings (SSSR count). The lowest BCUT2D eigenvalue weighted by atomic mass is 9.95. The molecule has 3 aromatic carbocycles. The van der Waals surface area contributed by atoms with Crippen molar-refractivity contribution < 1.29 is 22.7 Å². The van der Waals surface area contributed by atoms with Gasteiger partial charge in [0, 0.05) is 22.2 Å². The smallest absolute Gasteiger partial charge is 0.261 e. The Morgan fingerprint density at radius 2 is 1.63 bits per heavy atom. The predicted octanol–water partition coefficient (Wildman–Crippen LogP) is 2.53. The SMILES string of the molecule is COc1ccc(NS(=O)(=O)c2cc3c4c(cccc4c2)C(=O)NC3=O)cc1. The zero-order valence-electron chi connectivity index (χ0n) is 14.1. The monoisotopic (exact) mass is 382 g/mol. The van der Waals surface area contributed by atoms with Crippen LogP contribution >= 0.6 is 0 Å². The number of rotatable bonds is 4. The third-order valence-corrected chi connectivity index (χ3v) is 5.68. The topological polar surface area (TPSA) is 102 Å². The maximum atomic E-state index is 12.8. The first-order valence-electron chi connectivity index (χ1n) is 7.98. The summed E-state index contributed by atoms with van der Waals surface area (Å²) in [6, 6.07) is 14.0. The lowest BCUT2D eigenvalue weighted by Crippen LogP contribution is -2.34. The fourth-order valence-corrected chi connectivity index (χ4v) is 4.15. The van der Waals surface area contributed by atoms with Gasteiger partial charge in [0.1, 0.15) is 5.75 Å². The van der Waals surface area contributed by atoms with Crippen LogP contribution in [0.3, 0.4) is 0 Å². The van der Waals surface area contributed by atoms with E-state index in [1.54, 1.807) is 42.5 Å². The molecule has 0 saturated heterocycles. The number of hydrogen-bond acceptors (Lipinski definition) is 5. The Morgan fingerprint density at radius 1 is 0.926 bits per heavy atom. The molecule has 3 aromatic rings. The zero-order chi connectivity index (χ0) is 19.2. The summed E-state index contributed by atoms with van der Waals surface area (Å²) in [7, 11) is -2.42. The van der Waals surface area contributed by atoms with E-state index in [1.165, 1.54) is 19.2 Å². The van der Waals surface area contributed by atoms with Crippen LogP contribution in [-0.4, -0.2) is 27.3 Å². The molecule has 0 bridgehead atoms. The quantitative estimate of drug-likeness (QED) is 0.675. The lowest BCUT2D eigenvalue weighted by Gasteiger charge is -2.18. The van der Waals surface area contributed by atoms with E-state index in [9.17, 15) is 18.0 Å². The maximum Gasteiger partial charge on any atom is 0.261 e. The van der Waals surface area contributed by atoms with Crippen LogP contribution in [-0.2, 0) is 10.0 Å². The van der Waals surface area contributed by atoms with Crippen molar-refractivity contribution in [2.45, 2.75) is 4.90 Å². The summed E-state index contributed by atoms with van der Waals surface area (Å²) < 4.78 is 33.1. The van der Waals surface area contributed by atoms with E-state index >= 15 is 0 Å². The first-order valence-corrected chi connectivity index (χ1v) is 9.47. The number of hydrogen-bond donors (Lipinski definition) is 2. The first-order chi connectivity index (χ1) is 12.9. The van der Waals surface area contributed by atoms with Crippen molar-refractivity contribution in [2.24, 2.45) is 0 Å². The Balaban J connectivity index is 1.82. The predicted molar refractivity (Wildman–Crippen MR) is 99.5 cm³/mol. The van der Waals surface area contributed by atoms with Gasteiger partial charge in [0.05, 0.1) is 12.0 Å². The van der Waals surface area contributed by atoms with Gasteiger partial charge in [-0.25, -0.2) is 8.42 Å². The van der Waals surface area contributed by atoms with Gasteiger partial charge in [-0.2, -0.15) is 0 Å². The number of methoxy groups -OCH3 is 1. The highest BCUT2D eigenvalue weighted by Crippen LogP contribution is 2.30.